The van der Waals surface area contributed by atoms with E-state index in [0.717, 1.165) is 39.2 Å². The van der Waals surface area contributed by atoms with Crippen molar-refractivity contribution < 1.29 is 14.0 Å². The number of rotatable bonds is 3. The van der Waals surface area contributed by atoms with Gasteiger partial charge in [-0.2, -0.15) is 4.98 Å². The summed E-state index contributed by atoms with van der Waals surface area (Å²) >= 11 is 7.76. The Kier molecular flexibility index (Phi) is 4.14. The summed E-state index contributed by atoms with van der Waals surface area (Å²) in [6, 6.07) is 13.8. The number of thioether (sulfide) groups is 1. The Morgan fingerprint density at radius 3 is 2.68 bits per heavy atom. The Morgan fingerprint density at radius 1 is 1.11 bits per heavy atom. The van der Waals surface area contributed by atoms with E-state index in [1.807, 2.05) is 54.1 Å². The topological polar surface area (TPSA) is 62.2 Å². The molecule has 1 aliphatic heterocycles. The molecule has 5 rings (SSSR count). The molecule has 2 aromatic heterocycles. The molecule has 1 aliphatic rings. The van der Waals surface area contributed by atoms with Crippen LogP contribution in [0.25, 0.3) is 28.0 Å². The molecule has 0 fully saturated rings. The standard InChI is InChI=1S/C20H15ClN4O2S/c1-11-6-13-8-16-17(27-10-26-16)9-15(13)18(12-4-3-5-14(21)7-12)25(11)19-22-20(28-2)24-23-19/h3-9H,10H2,1-2H3. The van der Waals surface area contributed by atoms with E-state index in [4.69, 9.17) is 21.1 Å². The molecule has 4 aromatic rings. The summed E-state index contributed by atoms with van der Waals surface area (Å²) < 4.78 is 13.2. The maximum absolute atomic E-state index is 6.30. The van der Waals surface area contributed by atoms with E-state index in [2.05, 4.69) is 21.2 Å². The lowest BCUT2D eigenvalue weighted by Gasteiger charge is -2.18. The molecule has 0 radical (unpaired) electrons. The van der Waals surface area contributed by atoms with Gasteiger partial charge in [0.05, 0.1) is 5.69 Å². The first-order chi connectivity index (χ1) is 13.6. The third kappa shape index (κ3) is 2.78. The fourth-order valence-corrected chi connectivity index (χ4v) is 3.93. The number of hydrogen-bond acceptors (Lipinski definition) is 5. The lowest BCUT2D eigenvalue weighted by atomic mass is 10.0. The molecule has 0 saturated heterocycles. The van der Waals surface area contributed by atoms with Gasteiger partial charge < -0.3 is 9.47 Å². The minimum atomic E-state index is 0.226. The summed E-state index contributed by atoms with van der Waals surface area (Å²) in [4.78, 5) is 4.56. The van der Waals surface area contributed by atoms with Crippen molar-refractivity contribution in [2.24, 2.45) is 0 Å². The molecule has 3 heterocycles. The second-order valence-electron chi connectivity index (χ2n) is 6.37. The van der Waals surface area contributed by atoms with Crippen LogP contribution >= 0.6 is 23.4 Å². The average Bonchev–Trinajstić information content (AvgIpc) is 3.34. The number of nitrogens with zero attached hydrogens (tertiary/aromatic N) is 4. The van der Waals surface area contributed by atoms with E-state index in [1.165, 1.54) is 11.8 Å². The van der Waals surface area contributed by atoms with Gasteiger partial charge in [-0.05, 0) is 48.9 Å². The SMILES string of the molecule is CSc1nnc(-[n+]2c(C)cc3cc4c(cc3c2-c2cccc(Cl)c2)OCO4)[n-]1. The van der Waals surface area contributed by atoms with Gasteiger partial charge in [0, 0.05) is 21.7 Å². The number of pyridine rings is 1. The molecule has 2 aromatic carbocycles. The number of aryl methyl sites for hydroxylation is 1. The predicted octanol–water partition coefficient (Wildman–Crippen LogP) is 3.94. The smallest absolute Gasteiger partial charge is 0.256 e. The van der Waals surface area contributed by atoms with Crippen molar-refractivity contribution in [2.45, 2.75) is 12.1 Å². The number of benzene rings is 2. The molecule has 140 valence electrons. The van der Waals surface area contributed by atoms with E-state index >= 15 is 0 Å². The highest BCUT2D eigenvalue weighted by Crippen LogP contribution is 2.39. The quantitative estimate of drug-likeness (QED) is 0.376. The zero-order valence-electron chi connectivity index (χ0n) is 15.1. The maximum Gasteiger partial charge on any atom is 0.256 e. The van der Waals surface area contributed by atoms with Crippen molar-refractivity contribution in [1.29, 1.82) is 0 Å². The zero-order chi connectivity index (χ0) is 19.3. The van der Waals surface area contributed by atoms with Crippen molar-refractivity contribution >= 4 is 34.1 Å². The first-order valence-corrected chi connectivity index (χ1v) is 10.2. The monoisotopic (exact) mass is 410 g/mol. The van der Waals surface area contributed by atoms with Crippen LogP contribution in [0.5, 0.6) is 11.5 Å². The van der Waals surface area contributed by atoms with Crippen LogP contribution in [-0.4, -0.2) is 23.2 Å². The van der Waals surface area contributed by atoms with Gasteiger partial charge in [0.15, 0.2) is 11.5 Å². The summed E-state index contributed by atoms with van der Waals surface area (Å²) in [5.41, 5.74) is 2.85. The molecule has 8 heteroatoms. The van der Waals surface area contributed by atoms with Crippen molar-refractivity contribution in [3.63, 3.8) is 0 Å². The molecule has 0 bridgehead atoms. The van der Waals surface area contributed by atoms with E-state index < -0.39 is 0 Å². The number of fused-ring (bicyclic) bond motifs is 2. The third-order valence-corrected chi connectivity index (χ3v) is 5.42. The molecule has 0 spiro atoms. The predicted molar refractivity (Wildman–Crippen MR) is 107 cm³/mol. The lowest BCUT2D eigenvalue weighted by molar-refractivity contribution is -0.598. The Bertz CT molecular complexity index is 1220. The first-order valence-electron chi connectivity index (χ1n) is 8.61. The molecular weight excluding hydrogens is 396 g/mol. The molecule has 0 N–H and O–H groups in total. The lowest BCUT2D eigenvalue weighted by Crippen LogP contribution is -2.39. The minimum absolute atomic E-state index is 0.226. The number of halogens is 1. The van der Waals surface area contributed by atoms with Crippen molar-refractivity contribution in [3.05, 3.63) is 53.2 Å². The van der Waals surface area contributed by atoms with E-state index in [0.29, 0.717) is 16.1 Å². The van der Waals surface area contributed by atoms with Crippen molar-refractivity contribution in [1.82, 2.24) is 15.2 Å². The molecule has 0 unspecified atom stereocenters. The highest BCUT2D eigenvalue weighted by molar-refractivity contribution is 7.98. The van der Waals surface area contributed by atoms with Gasteiger partial charge in [0.1, 0.15) is 0 Å². The van der Waals surface area contributed by atoms with Crippen LogP contribution in [0.3, 0.4) is 0 Å². The second-order valence-corrected chi connectivity index (χ2v) is 7.58. The van der Waals surface area contributed by atoms with Gasteiger partial charge in [-0.25, -0.2) is 0 Å². The van der Waals surface area contributed by atoms with Gasteiger partial charge in [0.25, 0.3) is 5.95 Å². The summed E-state index contributed by atoms with van der Waals surface area (Å²) in [6.45, 7) is 2.25. The fraction of sp³-hybridized carbons (Fsp3) is 0.150. The van der Waals surface area contributed by atoms with E-state index in [9.17, 15) is 0 Å². The summed E-state index contributed by atoms with van der Waals surface area (Å²) in [5, 5.41) is 11.8. The second kappa shape index (κ2) is 6.68. The van der Waals surface area contributed by atoms with Crippen LogP contribution in [0.15, 0.2) is 47.6 Å². The molecule has 6 nitrogen and oxygen atoms in total. The molecule has 0 saturated carbocycles. The third-order valence-electron chi connectivity index (χ3n) is 4.64. The van der Waals surface area contributed by atoms with Crippen molar-refractivity contribution in [3.8, 4) is 28.7 Å². The van der Waals surface area contributed by atoms with Gasteiger partial charge in [-0.1, -0.05) is 35.5 Å². The summed E-state index contributed by atoms with van der Waals surface area (Å²) in [6.07, 6.45) is 1.93. The average molecular weight is 411 g/mol. The fourth-order valence-electron chi connectivity index (χ4n) is 3.45. The van der Waals surface area contributed by atoms with Crippen LogP contribution in [-0.2, 0) is 0 Å². The van der Waals surface area contributed by atoms with Crippen LogP contribution in [0, 0.1) is 6.92 Å². The summed E-state index contributed by atoms with van der Waals surface area (Å²) in [5.74, 6) is 1.99. The van der Waals surface area contributed by atoms with Gasteiger partial charge >= 0.3 is 0 Å². The van der Waals surface area contributed by atoms with Crippen LogP contribution < -0.4 is 19.0 Å². The molecule has 0 amide bonds. The zero-order valence-corrected chi connectivity index (χ0v) is 16.7. The van der Waals surface area contributed by atoms with Gasteiger partial charge in [-0.15, -0.1) is 10.2 Å². The van der Waals surface area contributed by atoms with E-state index in [-0.39, 0.29) is 6.79 Å². The van der Waals surface area contributed by atoms with Gasteiger partial charge in [0.2, 0.25) is 11.9 Å². The Hall–Kier alpha value is -2.77. The largest absolute Gasteiger partial charge is 0.454 e. The molecule has 28 heavy (non-hydrogen) atoms. The molecule has 0 aliphatic carbocycles. The normalized spacial score (nSPS) is 12.7. The van der Waals surface area contributed by atoms with Crippen LogP contribution in [0.2, 0.25) is 5.02 Å². The number of hydrogen-bond donors (Lipinski definition) is 0. The van der Waals surface area contributed by atoms with Crippen LogP contribution in [0.4, 0.5) is 0 Å². The van der Waals surface area contributed by atoms with E-state index in [1.54, 1.807) is 0 Å². The van der Waals surface area contributed by atoms with Crippen molar-refractivity contribution in [2.75, 3.05) is 13.0 Å². The molecule has 0 atom stereocenters. The Balaban J connectivity index is 1.88. The minimum Gasteiger partial charge on any atom is -0.454 e. The Morgan fingerprint density at radius 2 is 1.93 bits per heavy atom. The Labute approximate surface area is 170 Å². The highest BCUT2D eigenvalue weighted by atomic mass is 35.5. The highest BCUT2D eigenvalue weighted by Gasteiger charge is 2.21. The molecular formula is C20H15ClN4O2S. The van der Waals surface area contributed by atoms with Crippen LogP contribution in [0.1, 0.15) is 5.69 Å². The first kappa shape index (κ1) is 17.3. The summed E-state index contributed by atoms with van der Waals surface area (Å²) in [7, 11) is 0. The number of ether oxygens (including phenoxy) is 2. The van der Waals surface area contributed by atoms with Gasteiger partial charge in [-0.3, -0.25) is 4.57 Å². The number of aromatic nitrogens is 4. The maximum atomic E-state index is 6.30.